The summed E-state index contributed by atoms with van der Waals surface area (Å²) in [5.41, 5.74) is 0.226. The molecular weight excluding hydrogens is 208 g/mol. The number of ether oxygens (including phenoxy) is 1. The minimum Gasteiger partial charge on any atom is -0.385 e. The van der Waals surface area contributed by atoms with Crippen LogP contribution in [0.15, 0.2) is 4.63 Å². The van der Waals surface area contributed by atoms with Gasteiger partial charge >= 0.3 is 0 Å². The molecule has 1 heterocycles. The molecule has 78 valence electrons. The Kier molecular flexibility index (Phi) is 4.34. The van der Waals surface area contributed by atoms with E-state index in [1.54, 1.807) is 7.11 Å². The van der Waals surface area contributed by atoms with E-state index < -0.39 is 0 Å². The number of aromatic nitrogens is 2. The average Bonchev–Trinajstić information content (AvgIpc) is 2.60. The van der Waals surface area contributed by atoms with E-state index in [1.165, 1.54) is 0 Å². The molecule has 0 aromatic carbocycles. The lowest BCUT2D eigenvalue weighted by Crippen LogP contribution is -2.07. The molecule has 0 fully saturated rings. The van der Waals surface area contributed by atoms with E-state index >= 15 is 0 Å². The number of halogens is 1. The van der Waals surface area contributed by atoms with Gasteiger partial charge in [0.15, 0.2) is 10.9 Å². The van der Waals surface area contributed by atoms with Gasteiger partial charge in [-0.3, -0.25) is 5.41 Å². The third-order valence-corrected chi connectivity index (χ3v) is 1.69. The first-order chi connectivity index (χ1) is 6.75. The number of methoxy groups -OCH3 is 1. The fourth-order valence-electron chi connectivity index (χ4n) is 0.872. The fraction of sp³-hybridized carbons (Fsp3) is 0.571. The van der Waals surface area contributed by atoms with E-state index in [2.05, 4.69) is 20.3 Å². The van der Waals surface area contributed by atoms with Crippen LogP contribution >= 0.6 is 11.6 Å². The fourth-order valence-corrected chi connectivity index (χ4v) is 0.996. The zero-order chi connectivity index (χ0) is 10.4. The second-order valence-electron chi connectivity index (χ2n) is 2.55. The first-order valence-electron chi connectivity index (χ1n) is 4.05. The molecule has 0 atom stereocenters. The van der Waals surface area contributed by atoms with Crippen LogP contribution in [0.5, 0.6) is 0 Å². The lowest BCUT2D eigenvalue weighted by atomic mass is 10.4. The molecule has 0 bridgehead atoms. The highest BCUT2D eigenvalue weighted by Gasteiger charge is 2.12. The number of rotatable bonds is 6. The molecule has 0 spiro atoms. The number of nitrogens with zero attached hydrogens (tertiary/aromatic N) is 2. The minimum atomic E-state index is -0.194. The SMILES string of the molecule is COCCCNc1nonc1C(=N)Cl. The molecule has 0 radical (unpaired) electrons. The Bertz CT molecular complexity index is 302. The second kappa shape index (κ2) is 5.56. The topological polar surface area (TPSA) is 84.0 Å². The van der Waals surface area contributed by atoms with Gasteiger partial charge in [0, 0.05) is 20.3 Å². The van der Waals surface area contributed by atoms with E-state index in [4.69, 9.17) is 21.7 Å². The van der Waals surface area contributed by atoms with Gasteiger partial charge in [0.1, 0.15) is 0 Å². The highest BCUT2D eigenvalue weighted by atomic mass is 35.5. The van der Waals surface area contributed by atoms with Crippen molar-refractivity contribution in [2.45, 2.75) is 6.42 Å². The Balaban J connectivity index is 2.42. The Morgan fingerprint density at radius 2 is 2.43 bits per heavy atom. The van der Waals surface area contributed by atoms with Crippen LogP contribution in [0.2, 0.25) is 0 Å². The maximum atomic E-state index is 7.15. The number of anilines is 1. The van der Waals surface area contributed by atoms with Gasteiger partial charge in [-0.15, -0.1) is 0 Å². The third kappa shape index (κ3) is 2.97. The van der Waals surface area contributed by atoms with Crippen molar-refractivity contribution in [1.82, 2.24) is 10.3 Å². The van der Waals surface area contributed by atoms with Crippen LogP contribution in [0.3, 0.4) is 0 Å². The molecule has 1 rings (SSSR count). The zero-order valence-corrected chi connectivity index (χ0v) is 8.47. The lowest BCUT2D eigenvalue weighted by molar-refractivity contribution is 0.197. The summed E-state index contributed by atoms with van der Waals surface area (Å²) < 4.78 is 9.32. The number of hydrogen-bond acceptors (Lipinski definition) is 6. The first kappa shape index (κ1) is 10.9. The number of hydrogen-bond donors (Lipinski definition) is 2. The first-order valence-corrected chi connectivity index (χ1v) is 4.43. The van der Waals surface area contributed by atoms with Crippen molar-refractivity contribution >= 4 is 22.6 Å². The molecule has 0 amide bonds. The summed E-state index contributed by atoms with van der Waals surface area (Å²) >= 11 is 5.45. The van der Waals surface area contributed by atoms with Crippen molar-refractivity contribution in [1.29, 1.82) is 5.41 Å². The smallest absolute Gasteiger partial charge is 0.201 e. The molecule has 1 aromatic heterocycles. The maximum absolute atomic E-state index is 7.15. The van der Waals surface area contributed by atoms with Gasteiger partial charge < -0.3 is 10.1 Å². The van der Waals surface area contributed by atoms with Gasteiger partial charge in [-0.05, 0) is 16.7 Å². The molecule has 0 aliphatic carbocycles. The molecule has 0 saturated heterocycles. The molecule has 0 saturated carbocycles. The summed E-state index contributed by atoms with van der Waals surface area (Å²) in [7, 11) is 1.64. The Morgan fingerprint density at radius 1 is 1.64 bits per heavy atom. The Hall–Kier alpha value is -1.14. The zero-order valence-electron chi connectivity index (χ0n) is 7.71. The standard InChI is InChI=1S/C7H11ClN4O2/c1-13-4-2-3-10-7-5(6(8)9)11-14-12-7/h9H,2-4H2,1H3,(H,10,12). The Labute approximate surface area is 86.0 Å². The van der Waals surface area contributed by atoms with Crippen LogP contribution in [0, 0.1) is 5.41 Å². The van der Waals surface area contributed by atoms with Crippen LogP contribution in [0.4, 0.5) is 5.82 Å². The second-order valence-corrected chi connectivity index (χ2v) is 2.93. The largest absolute Gasteiger partial charge is 0.385 e. The predicted octanol–water partition coefficient (Wildman–Crippen LogP) is 1.08. The van der Waals surface area contributed by atoms with Crippen molar-refractivity contribution in [3.8, 4) is 0 Å². The quantitative estimate of drug-likeness (QED) is 0.552. The summed E-state index contributed by atoms with van der Waals surface area (Å²) in [5, 5.41) is 16.9. The van der Waals surface area contributed by atoms with Gasteiger partial charge in [-0.2, -0.15) is 0 Å². The van der Waals surface area contributed by atoms with Gasteiger partial charge in [0.25, 0.3) is 0 Å². The molecule has 14 heavy (non-hydrogen) atoms. The Morgan fingerprint density at radius 3 is 3.07 bits per heavy atom. The third-order valence-electron chi connectivity index (χ3n) is 1.51. The summed E-state index contributed by atoms with van der Waals surface area (Å²) in [4.78, 5) is 0. The van der Waals surface area contributed by atoms with Crippen LogP contribution in [-0.2, 0) is 4.74 Å². The highest BCUT2D eigenvalue weighted by molar-refractivity contribution is 6.68. The van der Waals surface area contributed by atoms with E-state index in [-0.39, 0.29) is 10.9 Å². The van der Waals surface area contributed by atoms with Crippen molar-refractivity contribution in [3.63, 3.8) is 0 Å². The lowest BCUT2D eigenvalue weighted by Gasteiger charge is -2.01. The van der Waals surface area contributed by atoms with Gasteiger partial charge in [-0.1, -0.05) is 11.6 Å². The van der Waals surface area contributed by atoms with Crippen LogP contribution in [0.1, 0.15) is 12.1 Å². The minimum absolute atomic E-state index is 0.194. The molecule has 2 N–H and O–H groups in total. The summed E-state index contributed by atoms with van der Waals surface area (Å²) in [5.74, 6) is 0.390. The van der Waals surface area contributed by atoms with Crippen molar-refractivity contribution < 1.29 is 9.37 Å². The summed E-state index contributed by atoms with van der Waals surface area (Å²) in [6, 6.07) is 0. The van der Waals surface area contributed by atoms with E-state index in [0.29, 0.717) is 19.0 Å². The predicted molar refractivity (Wildman–Crippen MR) is 52.0 cm³/mol. The summed E-state index contributed by atoms with van der Waals surface area (Å²) in [6.45, 7) is 1.32. The molecule has 0 unspecified atom stereocenters. The highest BCUT2D eigenvalue weighted by Crippen LogP contribution is 2.11. The van der Waals surface area contributed by atoms with Crippen LogP contribution in [-0.4, -0.2) is 35.7 Å². The number of nitrogens with one attached hydrogen (secondary N) is 2. The van der Waals surface area contributed by atoms with E-state index in [9.17, 15) is 0 Å². The molecule has 0 aliphatic rings. The van der Waals surface area contributed by atoms with E-state index in [0.717, 1.165) is 6.42 Å². The average molecular weight is 219 g/mol. The molecular formula is C7H11ClN4O2. The van der Waals surface area contributed by atoms with Crippen molar-refractivity contribution in [2.24, 2.45) is 0 Å². The normalized spacial score (nSPS) is 10.1. The van der Waals surface area contributed by atoms with Gasteiger partial charge in [0.05, 0.1) is 0 Å². The summed E-state index contributed by atoms with van der Waals surface area (Å²) in [6.07, 6.45) is 0.832. The van der Waals surface area contributed by atoms with E-state index in [1.807, 2.05) is 0 Å². The molecule has 0 aliphatic heterocycles. The van der Waals surface area contributed by atoms with Gasteiger partial charge in [-0.25, -0.2) is 4.63 Å². The monoisotopic (exact) mass is 218 g/mol. The van der Waals surface area contributed by atoms with Crippen LogP contribution in [0.25, 0.3) is 0 Å². The molecule has 7 heteroatoms. The molecule has 1 aromatic rings. The van der Waals surface area contributed by atoms with Crippen LogP contribution < -0.4 is 5.32 Å². The van der Waals surface area contributed by atoms with Crippen molar-refractivity contribution in [2.75, 3.05) is 25.6 Å². The maximum Gasteiger partial charge on any atom is 0.201 e. The van der Waals surface area contributed by atoms with Gasteiger partial charge in [0.2, 0.25) is 5.82 Å². The van der Waals surface area contributed by atoms with Crippen molar-refractivity contribution in [3.05, 3.63) is 5.69 Å². The molecule has 6 nitrogen and oxygen atoms in total.